The van der Waals surface area contributed by atoms with E-state index < -0.39 is 11.5 Å². The molecule has 0 fully saturated rings. The molecule has 0 saturated carbocycles. The van der Waals surface area contributed by atoms with E-state index >= 15 is 0 Å². The number of nitrogens with one attached hydrogen (secondary N) is 1. The lowest BCUT2D eigenvalue weighted by Crippen LogP contribution is -2.29. The molecule has 0 aliphatic carbocycles. The molecule has 0 spiro atoms. The molecule has 30 heavy (non-hydrogen) atoms. The summed E-state index contributed by atoms with van der Waals surface area (Å²) in [4.78, 5) is 30.3. The summed E-state index contributed by atoms with van der Waals surface area (Å²) in [6.07, 6.45) is 3.14. The highest BCUT2D eigenvalue weighted by Crippen LogP contribution is 2.22. The third-order valence-corrected chi connectivity index (χ3v) is 4.74. The van der Waals surface area contributed by atoms with E-state index in [2.05, 4.69) is 20.5 Å². The summed E-state index contributed by atoms with van der Waals surface area (Å²) in [7, 11) is 1.52. The molecule has 4 rings (SSSR count). The van der Waals surface area contributed by atoms with Gasteiger partial charge in [-0.05, 0) is 49.7 Å². The van der Waals surface area contributed by atoms with Crippen LogP contribution in [0.25, 0.3) is 16.6 Å². The van der Waals surface area contributed by atoms with Crippen molar-refractivity contribution >= 4 is 22.5 Å². The van der Waals surface area contributed by atoms with Crippen LogP contribution in [0, 0.1) is 13.8 Å². The van der Waals surface area contributed by atoms with Gasteiger partial charge in [0.15, 0.2) is 0 Å². The number of hydrogen-bond acceptors (Lipinski definition) is 6. The minimum absolute atomic E-state index is 0.0593. The van der Waals surface area contributed by atoms with Gasteiger partial charge in [0.05, 0.1) is 35.9 Å². The van der Waals surface area contributed by atoms with Crippen LogP contribution in [-0.2, 0) is 0 Å². The Balaban J connectivity index is 1.74. The summed E-state index contributed by atoms with van der Waals surface area (Å²) in [5, 5.41) is 11.8. The zero-order chi connectivity index (χ0) is 21.3. The van der Waals surface area contributed by atoms with E-state index in [-0.39, 0.29) is 5.56 Å². The van der Waals surface area contributed by atoms with Crippen LogP contribution in [0.1, 0.15) is 21.6 Å². The van der Waals surface area contributed by atoms with Crippen molar-refractivity contribution in [2.24, 2.45) is 0 Å². The third kappa shape index (κ3) is 3.50. The number of benzene rings is 1. The van der Waals surface area contributed by atoms with Gasteiger partial charge in [0.25, 0.3) is 11.5 Å². The summed E-state index contributed by atoms with van der Waals surface area (Å²) in [6, 6.07) is 12.3. The van der Waals surface area contributed by atoms with Crippen LogP contribution in [0.2, 0.25) is 0 Å². The number of carbonyl (C=O) groups is 1. The monoisotopic (exact) mass is 401 g/mol. The largest absolute Gasteiger partial charge is 0.481 e. The van der Waals surface area contributed by atoms with Crippen molar-refractivity contribution in [1.29, 1.82) is 0 Å². The van der Waals surface area contributed by atoms with E-state index in [1.807, 2.05) is 19.1 Å². The van der Waals surface area contributed by atoms with Crippen LogP contribution in [0.5, 0.6) is 5.88 Å². The minimum Gasteiger partial charge on any atom is -0.481 e. The Kier molecular flexibility index (Phi) is 4.97. The maximum atomic E-state index is 13.1. The molecular formula is C22H19N5O3. The predicted molar refractivity (Wildman–Crippen MR) is 113 cm³/mol. The lowest BCUT2D eigenvalue weighted by Gasteiger charge is -2.12. The Labute approximate surface area is 172 Å². The molecule has 8 heteroatoms. The number of amides is 1. The molecule has 150 valence electrons. The van der Waals surface area contributed by atoms with Gasteiger partial charge in [-0.2, -0.15) is 10.2 Å². The van der Waals surface area contributed by atoms with Gasteiger partial charge in [-0.15, -0.1) is 0 Å². The van der Waals surface area contributed by atoms with Crippen molar-refractivity contribution in [3.8, 4) is 11.6 Å². The highest BCUT2D eigenvalue weighted by atomic mass is 16.5. The van der Waals surface area contributed by atoms with E-state index in [1.54, 1.807) is 43.5 Å². The number of nitrogens with zero attached hydrogens (tertiary/aromatic N) is 4. The van der Waals surface area contributed by atoms with E-state index in [0.29, 0.717) is 28.3 Å². The van der Waals surface area contributed by atoms with Crippen molar-refractivity contribution in [2.75, 3.05) is 12.4 Å². The first-order chi connectivity index (χ1) is 14.5. The number of ether oxygens (including phenoxy) is 1. The van der Waals surface area contributed by atoms with Gasteiger partial charge in [-0.1, -0.05) is 6.07 Å². The Morgan fingerprint density at radius 3 is 2.67 bits per heavy atom. The highest BCUT2D eigenvalue weighted by molar-refractivity contribution is 6.09. The Bertz CT molecular complexity index is 1310. The zero-order valence-corrected chi connectivity index (χ0v) is 16.7. The van der Waals surface area contributed by atoms with E-state index in [9.17, 15) is 9.59 Å². The van der Waals surface area contributed by atoms with Crippen LogP contribution < -0.4 is 15.6 Å². The van der Waals surface area contributed by atoms with Gasteiger partial charge in [-0.25, -0.2) is 4.98 Å². The maximum Gasteiger partial charge on any atom is 0.268 e. The smallest absolute Gasteiger partial charge is 0.268 e. The van der Waals surface area contributed by atoms with Crippen molar-refractivity contribution in [1.82, 2.24) is 19.7 Å². The van der Waals surface area contributed by atoms with Crippen molar-refractivity contribution in [3.63, 3.8) is 0 Å². The van der Waals surface area contributed by atoms with Gasteiger partial charge in [-0.3, -0.25) is 14.2 Å². The third-order valence-electron chi connectivity index (χ3n) is 4.74. The average Bonchev–Trinajstić information content (AvgIpc) is 2.74. The summed E-state index contributed by atoms with van der Waals surface area (Å²) >= 11 is 0. The predicted octanol–water partition coefficient (Wildman–Crippen LogP) is 3.05. The molecule has 0 atom stereocenters. The Hall–Kier alpha value is -4.07. The number of fused-ring (bicyclic) bond motifs is 1. The quantitative estimate of drug-likeness (QED) is 0.564. The molecule has 3 aromatic heterocycles. The second kappa shape index (κ2) is 7.75. The molecule has 1 aromatic carbocycles. The molecule has 3 heterocycles. The van der Waals surface area contributed by atoms with E-state index in [0.717, 1.165) is 11.1 Å². The maximum absolute atomic E-state index is 13.1. The second-order valence-electron chi connectivity index (χ2n) is 6.79. The fourth-order valence-corrected chi connectivity index (χ4v) is 3.20. The topological polar surface area (TPSA) is 99.0 Å². The summed E-state index contributed by atoms with van der Waals surface area (Å²) < 4.78 is 6.44. The number of anilines is 1. The number of aromatic nitrogens is 4. The number of hydrogen-bond donors (Lipinski definition) is 1. The number of aryl methyl sites for hydroxylation is 2. The van der Waals surface area contributed by atoms with Gasteiger partial charge >= 0.3 is 0 Å². The van der Waals surface area contributed by atoms with Gasteiger partial charge in [0.2, 0.25) is 5.88 Å². The zero-order valence-electron chi connectivity index (χ0n) is 16.7. The Morgan fingerprint density at radius 1 is 1.10 bits per heavy atom. The molecule has 0 unspecified atom stereocenters. The van der Waals surface area contributed by atoms with Crippen molar-refractivity contribution < 1.29 is 9.53 Å². The molecule has 8 nitrogen and oxygen atoms in total. The molecule has 0 bridgehead atoms. The van der Waals surface area contributed by atoms with Crippen molar-refractivity contribution in [3.05, 3.63) is 82.0 Å². The average molecular weight is 401 g/mol. The lowest BCUT2D eigenvalue weighted by atomic mass is 10.1. The van der Waals surface area contributed by atoms with Crippen LogP contribution in [-0.4, -0.2) is 32.8 Å². The van der Waals surface area contributed by atoms with Gasteiger partial charge in [0, 0.05) is 17.6 Å². The van der Waals surface area contributed by atoms with Crippen LogP contribution >= 0.6 is 0 Å². The summed E-state index contributed by atoms with van der Waals surface area (Å²) in [5.41, 5.74) is 2.69. The molecule has 0 radical (unpaired) electrons. The van der Waals surface area contributed by atoms with E-state index in [1.165, 1.54) is 17.9 Å². The fourth-order valence-electron chi connectivity index (χ4n) is 3.20. The molecule has 1 amide bonds. The van der Waals surface area contributed by atoms with Crippen molar-refractivity contribution in [2.45, 2.75) is 13.8 Å². The molecule has 0 aliphatic rings. The van der Waals surface area contributed by atoms with Crippen LogP contribution in [0.4, 0.5) is 5.69 Å². The summed E-state index contributed by atoms with van der Waals surface area (Å²) in [6.45, 7) is 3.56. The molecule has 4 aromatic rings. The molecule has 0 aliphatic heterocycles. The SMILES string of the molecule is COc1ccc(-n2ccc(C)c(C(=O)Nc3cccc4nnc(C)cc34)c2=O)cn1. The van der Waals surface area contributed by atoms with Gasteiger partial charge < -0.3 is 10.1 Å². The van der Waals surface area contributed by atoms with E-state index in [4.69, 9.17) is 4.74 Å². The summed E-state index contributed by atoms with van der Waals surface area (Å²) in [5.74, 6) is -0.0542. The Morgan fingerprint density at radius 2 is 1.93 bits per heavy atom. The first-order valence-electron chi connectivity index (χ1n) is 9.25. The van der Waals surface area contributed by atoms with Crippen LogP contribution in [0.15, 0.2) is 59.7 Å². The first-order valence-corrected chi connectivity index (χ1v) is 9.25. The number of rotatable bonds is 4. The number of pyridine rings is 2. The fraction of sp³-hybridized carbons (Fsp3) is 0.136. The molecule has 1 N–H and O–H groups in total. The normalized spacial score (nSPS) is 10.8. The first kappa shape index (κ1) is 19.3. The highest BCUT2D eigenvalue weighted by Gasteiger charge is 2.18. The number of methoxy groups -OCH3 is 1. The minimum atomic E-state index is -0.490. The van der Waals surface area contributed by atoms with Gasteiger partial charge in [0.1, 0.15) is 5.56 Å². The standard InChI is InChI=1S/C22H19N5O3/c1-13-9-10-27(15-7-8-19(30-3)23-12-15)22(29)20(13)21(28)24-17-5-4-6-18-16(17)11-14(2)25-26-18/h4-12H,1-3H3,(H,24,28). The second-order valence-corrected chi connectivity index (χ2v) is 6.79. The molecule has 0 saturated heterocycles. The van der Waals surface area contributed by atoms with Crippen LogP contribution in [0.3, 0.4) is 0 Å². The number of carbonyl (C=O) groups excluding carboxylic acids is 1. The molecular weight excluding hydrogens is 382 g/mol. The lowest BCUT2D eigenvalue weighted by molar-refractivity contribution is 0.102.